The Hall–Kier alpha value is -0.940. The number of hydrogen-bond acceptors (Lipinski definition) is 4. The van der Waals surface area contributed by atoms with Crippen LogP contribution in [0.2, 0.25) is 0 Å². The fourth-order valence-electron chi connectivity index (χ4n) is 1.29. The molecule has 0 aliphatic heterocycles. The second-order valence-corrected chi connectivity index (χ2v) is 3.28. The molecule has 1 aromatic rings. The molecule has 1 heterocycles. The van der Waals surface area contributed by atoms with E-state index < -0.39 is 0 Å². The Balaban J connectivity index is 2.37. The first-order valence-electron chi connectivity index (χ1n) is 4.46. The third kappa shape index (κ3) is 3.12. The lowest BCUT2D eigenvalue weighted by molar-refractivity contribution is 0.282. The van der Waals surface area contributed by atoms with Crippen LogP contribution in [0.4, 0.5) is 0 Å². The average Bonchev–Trinajstić information content (AvgIpc) is 2.55. The Kier molecular flexibility index (Phi) is 3.85. The lowest BCUT2D eigenvalue weighted by Crippen LogP contribution is -2.30. The Morgan fingerprint density at radius 3 is 2.92 bits per heavy atom. The molecule has 1 rings (SSSR count). The van der Waals surface area contributed by atoms with Crippen molar-refractivity contribution < 1.29 is 0 Å². The SMILES string of the molecule is CC(CN(C)CCN)n1cncn1. The third-order valence-corrected chi connectivity index (χ3v) is 1.97. The normalized spacial score (nSPS) is 13.5. The predicted octanol–water partition coefficient (Wildman–Crippen LogP) is -0.270. The van der Waals surface area contributed by atoms with E-state index in [1.807, 2.05) is 4.68 Å². The number of nitrogens with two attached hydrogens (primary N) is 1. The molecule has 0 aliphatic carbocycles. The molecule has 5 nitrogen and oxygen atoms in total. The molecular weight excluding hydrogens is 166 g/mol. The molecule has 0 saturated heterocycles. The number of hydrogen-bond donors (Lipinski definition) is 1. The molecule has 74 valence electrons. The first-order chi connectivity index (χ1) is 6.24. The quantitative estimate of drug-likeness (QED) is 0.682. The topological polar surface area (TPSA) is 60.0 Å². The van der Waals surface area contributed by atoms with Crippen LogP contribution < -0.4 is 5.73 Å². The summed E-state index contributed by atoms with van der Waals surface area (Å²) in [4.78, 5) is 6.09. The minimum absolute atomic E-state index is 0.346. The maximum atomic E-state index is 5.45. The molecule has 1 unspecified atom stereocenters. The van der Waals surface area contributed by atoms with Crippen LogP contribution in [0.3, 0.4) is 0 Å². The van der Waals surface area contributed by atoms with Crippen LogP contribution in [-0.2, 0) is 0 Å². The zero-order valence-corrected chi connectivity index (χ0v) is 8.22. The highest BCUT2D eigenvalue weighted by Gasteiger charge is 2.07. The van der Waals surface area contributed by atoms with E-state index in [1.54, 1.807) is 12.7 Å². The number of rotatable bonds is 5. The summed E-state index contributed by atoms with van der Waals surface area (Å²) in [7, 11) is 2.06. The van der Waals surface area contributed by atoms with E-state index >= 15 is 0 Å². The van der Waals surface area contributed by atoms with Crippen molar-refractivity contribution in [1.29, 1.82) is 0 Å². The van der Waals surface area contributed by atoms with E-state index in [1.165, 1.54) is 0 Å². The van der Waals surface area contributed by atoms with Gasteiger partial charge in [0.25, 0.3) is 0 Å². The van der Waals surface area contributed by atoms with Gasteiger partial charge in [0.1, 0.15) is 12.7 Å². The van der Waals surface area contributed by atoms with Crippen molar-refractivity contribution >= 4 is 0 Å². The fourth-order valence-corrected chi connectivity index (χ4v) is 1.29. The monoisotopic (exact) mass is 183 g/mol. The van der Waals surface area contributed by atoms with E-state index in [9.17, 15) is 0 Å². The van der Waals surface area contributed by atoms with Gasteiger partial charge >= 0.3 is 0 Å². The second-order valence-electron chi connectivity index (χ2n) is 3.28. The zero-order valence-electron chi connectivity index (χ0n) is 8.22. The first-order valence-corrected chi connectivity index (χ1v) is 4.46. The maximum Gasteiger partial charge on any atom is 0.137 e. The first kappa shape index (κ1) is 10.1. The molecular formula is C8H17N5. The Bertz CT molecular complexity index is 220. The van der Waals surface area contributed by atoms with Gasteiger partial charge < -0.3 is 10.6 Å². The number of nitrogens with zero attached hydrogens (tertiary/aromatic N) is 4. The lowest BCUT2D eigenvalue weighted by Gasteiger charge is -2.20. The number of aromatic nitrogens is 3. The van der Waals surface area contributed by atoms with Crippen LogP contribution in [0.15, 0.2) is 12.7 Å². The maximum absolute atomic E-state index is 5.45. The Morgan fingerprint density at radius 2 is 2.38 bits per heavy atom. The van der Waals surface area contributed by atoms with Crippen molar-refractivity contribution in [3.63, 3.8) is 0 Å². The van der Waals surface area contributed by atoms with Crippen LogP contribution in [-0.4, -0.2) is 46.3 Å². The van der Waals surface area contributed by atoms with Crippen molar-refractivity contribution in [3.8, 4) is 0 Å². The molecule has 0 aromatic carbocycles. The van der Waals surface area contributed by atoms with Gasteiger partial charge in [-0.2, -0.15) is 5.10 Å². The summed E-state index contributed by atoms with van der Waals surface area (Å²) in [5, 5.41) is 4.08. The molecule has 0 saturated carbocycles. The third-order valence-electron chi connectivity index (χ3n) is 1.97. The average molecular weight is 183 g/mol. The van der Waals surface area contributed by atoms with Crippen LogP contribution >= 0.6 is 0 Å². The smallest absolute Gasteiger partial charge is 0.137 e. The van der Waals surface area contributed by atoms with Crippen LogP contribution in [0.5, 0.6) is 0 Å². The van der Waals surface area contributed by atoms with Gasteiger partial charge in [0.15, 0.2) is 0 Å². The molecule has 0 spiro atoms. The summed E-state index contributed by atoms with van der Waals surface area (Å²) in [6.07, 6.45) is 3.29. The van der Waals surface area contributed by atoms with E-state index in [0.717, 1.165) is 13.1 Å². The summed E-state index contributed by atoms with van der Waals surface area (Å²) in [6, 6.07) is 0.346. The van der Waals surface area contributed by atoms with Crippen molar-refractivity contribution in [2.75, 3.05) is 26.7 Å². The van der Waals surface area contributed by atoms with Gasteiger partial charge in [-0.05, 0) is 14.0 Å². The standard InChI is InChI=1S/C8H17N5/c1-8(5-12(2)4-3-9)13-7-10-6-11-13/h6-8H,3-5,9H2,1-2H3. The van der Waals surface area contributed by atoms with Crippen LogP contribution in [0.25, 0.3) is 0 Å². The Labute approximate surface area is 78.5 Å². The van der Waals surface area contributed by atoms with E-state index in [-0.39, 0.29) is 0 Å². The molecule has 13 heavy (non-hydrogen) atoms. The molecule has 2 N–H and O–H groups in total. The van der Waals surface area contributed by atoms with Crippen molar-refractivity contribution in [3.05, 3.63) is 12.7 Å². The van der Waals surface area contributed by atoms with Crippen molar-refractivity contribution in [2.24, 2.45) is 5.73 Å². The summed E-state index contributed by atoms with van der Waals surface area (Å²) in [6.45, 7) is 4.67. The van der Waals surface area contributed by atoms with Gasteiger partial charge in [0.05, 0.1) is 6.04 Å². The van der Waals surface area contributed by atoms with Gasteiger partial charge in [-0.25, -0.2) is 9.67 Å². The highest BCUT2D eigenvalue weighted by molar-refractivity contribution is 4.67. The summed E-state index contributed by atoms with van der Waals surface area (Å²) in [5.74, 6) is 0. The predicted molar refractivity (Wildman–Crippen MR) is 51.3 cm³/mol. The minimum atomic E-state index is 0.346. The van der Waals surface area contributed by atoms with E-state index in [2.05, 4.69) is 29.0 Å². The summed E-state index contributed by atoms with van der Waals surface area (Å²) < 4.78 is 1.85. The molecule has 5 heteroatoms. The largest absolute Gasteiger partial charge is 0.329 e. The highest BCUT2D eigenvalue weighted by atomic mass is 15.3. The Morgan fingerprint density at radius 1 is 1.62 bits per heavy atom. The molecule has 0 radical (unpaired) electrons. The molecule has 0 amide bonds. The van der Waals surface area contributed by atoms with E-state index in [0.29, 0.717) is 12.6 Å². The summed E-state index contributed by atoms with van der Waals surface area (Å²) >= 11 is 0. The second kappa shape index (κ2) is 4.94. The zero-order chi connectivity index (χ0) is 9.68. The number of likely N-dealkylation sites (N-methyl/N-ethyl adjacent to an activating group) is 1. The molecule has 1 aromatic heterocycles. The molecule has 0 bridgehead atoms. The fraction of sp³-hybridized carbons (Fsp3) is 0.750. The summed E-state index contributed by atoms with van der Waals surface area (Å²) in [5.41, 5.74) is 5.45. The van der Waals surface area contributed by atoms with Gasteiger partial charge in [0.2, 0.25) is 0 Å². The van der Waals surface area contributed by atoms with Crippen molar-refractivity contribution in [2.45, 2.75) is 13.0 Å². The molecule has 0 fully saturated rings. The van der Waals surface area contributed by atoms with Crippen LogP contribution in [0.1, 0.15) is 13.0 Å². The van der Waals surface area contributed by atoms with Gasteiger partial charge in [-0.3, -0.25) is 0 Å². The van der Waals surface area contributed by atoms with Crippen LogP contribution in [0, 0.1) is 0 Å². The lowest BCUT2D eigenvalue weighted by atomic mass is 10.3. The van der Waals surface area contributed by atoms with Gasteiger partial charge in [0, 0.05) is 19.6 Å². The minimum Gasteiger partial charge on any atom is -0.329 e. The van der Waals surface area contributed by atoms with Gasteiger partial charge in [-0.1, -0.05) is 0 Å². The van der Waals surface area contributed by atoms with Gasteiger partial charge in [-0.15, -0.1) is 0 Å². The molecule has 0 aliphatic rings. The van der Waals surface area contributed by atoms with E-state index in [4.69, 9.17) is 5.73 Å². The molecule has 1 atom stereocenters. The van der Waals surface area contributed by atoms with Crippen molar-refractivity contribution in [1.82, 2.24) is 19.7 Å². The highest BCUT2D eigenvalue weighted by Crippen LogP contribution is 2.02.